The standard InChI is InChI=1S/C34H36N4O2.2F6P/c1-3-13-33-29(7-1)9-5-11-31(33)25-37-17-15-35(27-37)19-21-39-23-24-40-22-20-36-16-18-38(28-36)26-32-12-6-10-30-8-2-4-14-34(30)32;2*1-7(2,3,4,5)6/h1-18,27-28H,19-26H2;;/q+2;2*-1. The van der Waals surface area contributed by atoms with Crippen molar-refractivity contribution in [1.29, 1.82) is 0 Å². The van der Waals surface area contributed by atoms with Crippen molar-refractivity contribution >= 4 is 37.2 Å². The summed E-state index contributed by atoms with van der Waals surface area (Å²) >= 11 is 0. The molecule has 0 fully saturated rings. The van der Waals surface area contributed by atoms with Crippen LogP contribution in [0.3, 0.4) is 0 Å². The molecule has 0 radical (unpaired) electrons. The predicted octanol–water partition coefficient (Wildman–Crippen LogP) is 11.8. The maximum Gasteiger partial charge on any atom is 0.244 e. The average Bonchev–Trinajstić information content (AvgIpc) is 3.69. The zero-order valence-electron chi connectivity index (χ0n) is 28.2. The molecule has 0 unspecified atom stereocenters. The number of ether oxygens (including phenoxy) is 2. The number of rotatable bonds is 13. The fourth-order valence-corrected chi connectivity index (χ4v) is 5.25. The minimum atomic E-state index is -10.7. The number of fused-ring (bicyclic) bond motifs is 2. The fraction of sp³-hybridized carbons (Fsp3) is 0.235. The van der Waals surface area contributed by atoms with Gasteiger partial charge in [0.2, 0.25) is 12.7 Å². The zero-order chi connectivity index (χ0) is 39.8. The van der Waals surface area contributed by atoms with Gasteiger partial charge in [-0.15, -0.1) is 0 Å². The Labute approximate surface area is 301 Å². The molecule has 20 heteroatoms. The number of nitrogens with zero attached hydrogens (tertiary/aromatic N) is 4. The number of benzene rings is 4. The number of hydrogen-bond acceptors (Lipinski definition) is 2. The summed E-state index contributed by atoms with van der Waals surface area (Å²) in [6, 6.07) is 30.1. The predicted molar refractivity (Wildman–Crippen MR) is 184 cm³/mol. The van der Waals surface area contributed by atoms with Gasteiger partial charge in [-0.3, -0.25) is 0 Å². The van der Waals surface area contributed by atoms with Crippen molar-refractivity contribution in [2.45, 2.75) is 26.2 Å². The monoisotopic (exact) mass is 822 g/mol. The Kier molecular flexibility index (Phi) is 11.9. The van der Waals surface area contributed by atoms with Gasteiger partial charge in [0.05, 0.1) is 26.4 Å². The van der Waals surface area contributed by atoms with Crippen LogP contribution in [0.4, 0.5) is 50.4 Å². The first-order chi connectivity index (χ1) is 24.7. The third kappa shape index (κ3) is 18.7. The van der Waals surface area contributed by atoms with E-state index in [4.69, 9.17) is 9.47 Å². The maximum absolute atomic E-state index is 10.7. The zero-order valence-corrected chi connectivity index (χ0v) is 30.0. The molecule has 2 aromatic heterocycles. The number of halogens is 12. The summed E-state index contributed by atoms with van der Waals surface area (Å²) in [4.78, 5) is 0. The van der Waals surface area contributed by atoms with E-state index < -0.39 is 15.6 Å². The van der Waals surface area contributed by atoms with Crippen molar-refractivity contribution < 1.29 is 69.0 Å². The molecule has 0 aliphatic carbocycles. The molecule has 54 heavy (non-hydrogen) atoms. The summed E-state index contributed by atoms with van der Waals surface area (Å²) in [5.41, 5.74) is 2.66. The molecule has 0 amide bonds. The molecule has 6 rings (SSSR count). The molecule has 2 heterocycles. The molecule has 0 saturated heterocycles. The topological polar surface area (TPSA) is 36.1 Å². The first-order valence-corrected chi connectivity index (χ1v) is 20.1. The molecule has 0 atom stereocenters. The second kappa shape index (κ2) is 15.1. The van der Waals surface area contributed by atoms with Gasteiger partial charge in [0, 0.05) is 11.1 Å². The summed E-state index contributed by atoms with van der Waals surface area (Å²) in [6.07, 6.45) is 12.7. The summed E-state index contributed by atoms with van der Waals surface area (Å²) in [5, 5.41) is 5.19. The van der Waals surface area contributed by atoms with Crippen LogP contribution in [-0.4, -0.2) is 35.6 Å². The first-order valence-electron chi connectivity index (χ1n) is 16.0. The fourth-order valence-electron chi connectivity index (χ4n) is 5.25. The maximum atomic E-state index is 9.87. The molecule has 0 bridgehead atoms. The van der Waals surface area contributed by atoms with Gasteiger partial charge in [0.15, 0.2) is 0 Å². The molecular formula is C34H36F12N4O2P2. The van der Waals surface area contributed by atoms with E-state index in [1.54, 1.807) is 0 Å². The second-order valence-electron chi connectivity index (χ2n) is 12.1. The van der Waals surface area contributed by atoms with Crippen LogP contribution < -0.4 is 9.13 Å². The van der Waals surface area contributed by atoms with Crippen LogP contribution in [0.15, 0.2) is 122 Å². The van der Waals surface area contributed by atoms with Crippen molar-refractivity contribution in [3.05, 3.63) is 133 Å². The van der Waals surface area contributed by atoms with E-state index in [2.05, 4.69) is 141 Å². The van der Waals surface area contributed by atoms with Crippen LogP contribution in [0.25, 0.3) is 21.5 Å². The second-order valence-corrected chi connectivity index (χ2v) is 15.9. The molecule has 0 N–H and O–H groups in total. The van der Waals surface area contributed by atoms with Crippen LogP contribution in [0, 0.1) is 0 Å². The van der Waals surface area contributed by atoms with Gasteiger partial charge in [-0.05, 0) is 21.5 Å². The van der Waals surface area contributed by atoms with Crippen molar-refractivity contribution in [3.8, 4) is 0 Å². The van der Waals surface area contributed by atoms with Crippen LogP contribution in [0.2, 0.25) is 0 Å². The Balaban J connectivity index is 0.000000396. The van der Waals surface area contributed by atoms with E-state index in [0.29, 0.717) is 26.4 Å². The summed E-state index contributed by atoms with van der Waals surface area (Å²) in [6.45, 7) is 5.89. The van der Waals surface area contributed by atoms with Gasteiger partial charge in [0.25, 0.3) is 0 Å². The summed E-state index contributed by atoms with van der Waals surface area (Å²) in [5.74, 6) is 0. The van der Waals surface area contributed by atoms with E-state index >= 15 is 0 Å². The minimum absolute atomic E-state index is 0.601. The van der Waals surface area contributed by atoms with Crippen LogP contribution >= 0.6 is 15.6 Å². The molecule has 0 aliphatic heterocycles. The van der Waals surface area contributed by atoms with Crippen molar-refractivity contribution in [2.24, 2.45) is 0 Å². The minimum Gasteiger partial charge on any atom is -0.375 e. The van der Waals surface area contributed by atoms with Crippen molar-refractivity contribution in [2.75, 3.05) is 26.4 Å². The van der Waals surface area contributed by atoms with Crippen LogP contribution in [0.5, 0.6) is 0 Å². The van der Waals surface area contributed by atoms with Gasteiger partial charge in [0.1, 0.15) is 51.0 Å². The third-order valence-electron chi connectivity index (χ3n) is 7.32. The van der Waals surface area contributed by atoms with Gasteiger partial charge >= 0.3 is 66.0 Å². The van der Waals surface area contributed by atoms with Gasteiger partial charge in [-0.25, -0.2) is 18.3 Å². The van der Waals surface area contributed by atoms with E-state index in [1.807, 2.05) is 0 Å². The number of aromatic nitrogens is 4. The smallest absolute Gasteiger partial charge is 0.244 e. The van der Waals surface area contributed by atoms with Crippen molar-refractivity contribution in [1.82, 2.24) is 9.13 Å². The molecule has 0 saturated carbocycles. The first kappa shape index (κ1) is 42.5. The Morgan fingerprint density at radius 1 is 0.444 bits per heavy atom. The largest absolute Gasteiger partial charge is 0.375 e. The Bertz CT molecular complexity index is 1970. The van der Waals surface area contributed by atoms with E-state index in [9.17, 15) is 50.4 Å². The molecule has 6 nitrogen and oxygen atoms in total. The SMILES string of the molecule is F[P-](F)(F)(F)(F)F.F[P-](F)(F)(F)(F)F.c1ccc2c(C[n+]3ccn(CCOCCOCCn4cc[n+](Cc5cccc6ccccc56)c4)c3)cccc2c1. The molecular weight excluding hydrogens is 786 g/mol. The van der Waals surface area contributed by atoms with E-state index in [-0.39, 0.29) is 0 Å². The average molecular weight is 823 g/mol. The van der Waals surface area contributed by atoms with Gasteiger partial charge in [-0.2, -0.15) is 0 Å². The summed E-state index contributed by atoms with van der Waals surface area (Å²) in [7, 11) is -21.3. The van der Waals surface area contributed by atoms with E-state index in [0.717, 1.165) is 26.2 Å². The normalized spacial score (nSPS) is 14.5. The van der Waals surface area contributed by atoms with Gasteiger partial charge in [-0.1, -0.05) is 84.9 Å². The Morgan fingerprint density at radius 2 is 0.778 bits per heavy atom. The number of hydrogen-bond donors (Lipinski definition) is 0. The Morgan fingerprint density at radius 3 is 1.15 bits per heavy atom. The summed E-state index contributed by atoms with van der Waals surface area (Å²) < 4.78 is 139. The van der Waals surface area contributed by atoms with E-state index in [1.165, 1.54) is 32.7 Å². The Hall–Kier alpha value is -4.24. The molecule has 0 spiro atoms. The third-order valence-corrected chi connectivity index (χ3v) is 7.32. The van der Waals surface area contributed by atoms with Gasteiger partial charge < -0.3 is 9.47 Å². The quantitative estimate of drug-likeness (QED) is 0.0503. The number of imidazole rings is 2. The van der Waals surface area contributed by atoms with Crippen LogP contribution in [0.1, 0.15) is 11.1 Å². The molecule has 298 valence electrons. The van der Waals surface area contributed by atoms with Crippen LogP contribution in [-0.2, 0) is 35.7 Å². The molecule has 0 aliphatic rings. The van der Waals surface area contributed by atoms with Crippen molar-refractivity contribution in [3.63, 3.8) is 0 Å². The molecule has 4 aromatic carbocycles. The molecule has 6 aromatic rings.